The number of pyridine rings is 1. The summed E-state index contributed by atoms with van der Waals surface area (Å²) in [6, 6.07) is 4.53. The molecule has 0 spiro atoms. The van der Waals surface area contributed by atoms with Gasteiger partial charge in [-0.15, -0.1) is 0 Å². The van der Waals surface area contributed by atoms with Gasteiger partial charge in [0.25, 0.3) is 0 Å². The summed E-state index contributed by atoms with van der Waals surface area (Å²) >= 11 is 0. The average molecular weight is 235 g/mol. The normalized spacial score (nSPS) is 14.7. The van der Waals surface area contributed by atoms with Crippen LogP contribution >= 0.6 is 0 Å². The molecule has 0 amide bonds. The summed E-state index contributed by atoms with van der Waals surface area (Å²) in [4.78, 5) is 6.84. The second-order valence-electron chi connectivity index (χ2n) is 4.43. The van der Waals surface area contributed by atoms with E-state index in [2.05, 4.69) is 23.7 Å². The molecule has 0 aromatic carbocycles. The smallest absolute Gasteiger partial charge is 0.239 e. The minimum Gasteiger partial charge on any atom is -0.476 e. The van der Waals surface area contributed by atoms with Crippen molar-refractivity contribution in [2.45, 2.75) is 39.2 Å². The van der Waals surface area contributed by atoms with Crippen molar-refractivity contribution in [2.24, 2.45) is 0 Å². The fourth-order valence-corrected chi connectivity index (χ4v) is 1.91. The number of anilines is 2. The number of nitrogen functional groups attached to an aromatic ring is 1. The van der Waals surface area contributed by atoms with Gasteiger partial charge in [-0.25, -0.2) is 0 Å². The number of rotatable bonds is 6. The molecule has 1 aliphatic rings. The second kappa shape index (κ2) is 5.25. The van der Waals surface area contributed by atoms with Crippen LogP contribution in [-0.4, -0.2) is 24.2 Å². The van der Waals surface area contributed by atoms with Crippen LogP contribution in [-0.2, 0) is 0 Å². The Labute approximate surface area is 103 Å². The Morgan fingerprint density at radius 2 is 2.18 bits per heavy atom. The minimum atomic E-state index is 0.573. The van der Waals surface area contributed by atoms with E-state index < -0.39 is 0 Å². The van der Waals surface area contributed by atoms with Gasteiger partial charge >= 0.3 is 0 Å². The molecule has 0 atom stereocenters. The number of nitrogens with two attached hydrogens (primary N) is 1. The molecule has 4 nitrogen and oxygen atoms in total. The van der Waals surface area contributed by atoms with E-state index in [0.29, 0.717) is 24.2 Å². The summed E-state index contributed by atoms with van der Waals surface area (Å²) in [7, 11) is 0. The Hall–Kier alpha value is -1.45. The Morgan fingerprint density at radius 3 is 2.76 bits per heavy atom. The molecule has 2 N–H and O–H groups in total. The maximum absolute atomic E-state index is 5.86. The summed E-state index contributed by atoms with van der Waals surface area (Å²) < 4.78 is 5.56. The zero-order valence-electron chi connectivity index (χ0n) is 10.6. The molecule has 1 aromatic rings. The maximum atomic E-state index is 5.86. The Morgan fingerprint density at radius 1 is 1.41 bits per heavy atom. The number of ether oxygens (including phenoxy) is 1. The van der Waals surface area contributed by atoms with E-state index >= 15 is 0 Å². The van der Waals surface area contributed by atoms with Crippen LogP contribution in [0, 0.1) is 0 Å². The Kier molecular flexibility index (Phi) is 3.71. The molecule has 0 saturated heterocycles. The van der Waals surface area contributed by atoms with Crippen molar-refractivity contribution in [1.82, 2.24) is 4.98 Å². The lowest BCUT2D eigenvalue weighted by atomic mass is 10.3. The van der Waals surface area contributed by atoms with Gasteiger partial charge in [0.1, 0.15) is 5.82 Å². The molecule has 17 heavy (non-hydrogen) atoms. The van der Waals surface area contributed by atoms with Crippen molar-refractivity contribution in [3.05, 3.63) is 12.1 Å². The summed E-state index contributed by atoms with van der Waals surface area (Å²) in [5.74, 6) is 1.55. The predicted octanol–water partition coefficient (Wildman–Crippen LogP) is 2.44. The highest BCUT2D eigenvalue weighted by Gasteiger charge is 2.29. The van der Waals surface area contributed by atoms with E-state index in [-0.39, 0.29) is 0 Å². The van der Waals surface area contributed by atoms with Gasteiger partial charge < -0.3 is 15.4 Å². The summed E-state index contributed by atoms with van der Waals surface area (Å²) in [6.45, 7) is 5.87. The fourth-order valence-electron chi connectivity index (χ4n) is 1.91. The molecule has 1 aromatic heterocycles. The van der Waals surface area contributed by atoms with E-state index in [1.54, 1.807) is 0 Å². The molecule has 4 heteroatoms. The zero-order valence-corrected chi connectivity index (χ0v) is 10.6. The van der Waals surface area contributed by atoms with E-state index in [9.17, 15) is 0 Å². The first-order chi connectivity index (χ1) is 8.26. The van der Waals surface area contributed by atoms with Gasteiger partial charge in [0.2, 0.25) is 5.88 Å². The maximum Gasteiger partial charge on any atom is 0.239 e. The highest BCUT2D eigenvalue weighted by Crippen LogP contribution is 2.32. The van der Waals surface area contributed by atoms with E-state index in [0.717, 1.165) is 18.8 Å². The average Bonchev–Trinajstić information content (AvgIpc) is 3.15. The van der Waals surface area contributed by atoms with Crippen LogP contribution in [0.1, 0.15) is 33.1 Å². The first-order valence-corrected chi connectivity index (χ1v) is 6.42. The third-order valence-electron chi connectivity index (χ3n) is 2.94. The molecule has 94 valence electrons. The van der Waals surface area contributed by atoms with Crippen LogP contribution in [0.3, 0.4) is 0 Å². The SMILES string of the molecule is CCCOc1nc(N(CC)C2CC2)ccc1N. The van der Waals surface area contributed by atoms with Crippen LogP contribution < -0.4 is 15.4 Å². The standard InChI is InChI=1S/C13H21N3O/c1-3-9-17-13-11(14)7-8-12(15-13)16(4-2)10-5-6-10/h7-8,10H,3-6,9,14H2,1-2H3. The molecule has 0 radical (unpaired) electrons. The number of hydrogen-bond donors (Lipinski definition) is 1. The first-order valence-electron chi connectivity index (χ1n) is 6.42. The van der Waals surface area contributed by atoms with E-state index in [1.165, 1.54) is 12.8 Å². The molecule has 0 aliphatic heterocycles. The second-order valence-corrected chi connectivity index (χ2v) is 4.43. The molecule has 1 heterocycles. The molecule has 1 saturated carbocycles. The Balaban J connectivity index is 2.16. The van der Waals surface area contributed by atoms with Crippen LogP contribution in [0.4, 0.5) is 11.5 Å². The highest BCUT2D eigenvalue weighted by molar-refractivity contribution is 5.55. The number of aromatic nitrogens is 1. The van der Waals surface area contributed by atoms with Gasteiger partial charge in [0, 0.05) is 12.6 Å². The van der Waals surface area contributed by atoms with Crippen molar-refractivity contribution >= 4 is 11.5 Å². The van der Waals surface area contributed by atoms with Crippen LogP contribution in [0.25, 0.3) is 0 Å². The molecule has 2 rings (SSSR count). The van der Waals surface area contributed by atoms with Crippen LogP contribution in [0.2, 0.25) is 0 Å². The van der Waals surface area contributed by atoms with Crippen molar-refractivity contribution in [2.75, 3.05) is 23.8 Å². The lowest BCUT2D eigenvalue weighted by Crippen LogP contribution is -2.26. The van der Waals surface area contributed by atoms with Gasteiger partial charge in [-0.2, -0.15) is 4.98 Å². The topological polar surface area (TPSA) is 51.4 Å². The predicted molar refractivity (Wildman–Crippen MR) is 70.5 cm³/mol. The lowest BCUT2D eigenvalue weighted by Gasteiger charge is -2.22. The number of hydrogen-bond acceptors (Lipinski definition) is 4. The third-order valence-corrected chi connectivity index (χ3v) is 2.94. The van der Waals surface area contributed by atoms with Gasteiger partial charge in [-0.1, -0.05) is 6.92 Å². The zero-order chi connectivity index (χ0) is 12.3. The first kappa shape index (κ1) is 12.0. The quantitative estimate of drug-likeness (QED) is 0.822. The van der Waals surface area contributed by atoms with E-state index in [4.69, 9.17) is 10.5 Å². The molecular formula is C13H21N3O. The highest BCUT2D eigenvalue weighted by atomic mass is 16.5. The van der Waals surface area contributed by atoms with Crippen molar-refractivity contribution in [3.63, 3.8) is 0 Å². The van der Waals surface area contributed by atoms with Gasteiger partial charge in [0.15, 0.2) is 0 Å². The molecule has 0 bridgehead atoms. The fraction of sp³-hybridized carbons (Fsp3) is 0.615. The van der Waals surface area contributed by atoms with Crippen LogP contribution in [0.5, 0.6) is 5.88 Å². The molecule has 1 fully saturated rings. The van der Waals surface area contributed by atoms with Crippen molar-refractivity contribution in [1.29, 1.82) is 0 Å². The van der Waals surface area contributed by atoms with Crippen molar-refractivity contribution in [3.8, 4) is 5.88 Å². The van der Waals surface area contributed by atoms with Gasteiger partial charge in [-0.3, -0.25) is 0 Å². The summed E-state index contributed by atoms with van der Waals surface area (Å²) in [5, 5.41) is 0. The third kappa shape index (κ3) is 2.81. The minimum absolute atomic E-state index is 0.573. The van der Waals surface area contributed by atoms with Gasteiger partial charge in [0.05, 0.1) is 12.3 Å². The Bertz CT molecular complexity index is 377. The van der Waals surface area contributed by atoms with E-state index in [1.807, 2.05) is 12.1 Å². The summed E-state index contributed by atoms with van der Waals surface area (Å²) in [6.07, 6.45) is 3.50. The van der Waals surface area contributed by atoms with Crippen molar-refractivity contribution < 1.29 is 4.74 Å². The summed E-state index contributed by atoms with van der Waals surface area (Å²) in [5.41, 5.74) is 6.48. The largest absolute Gasteiger partial charge is 0.476 e. The monoisotopic (exact) mass is 235 g/mol. The van der Waals surface area contributed by atoms with Gasteiger partial charge in [-0.05, 0) is 38.3 Å². The lowest BCUT2D eigenvalue weighted by molar-refractivity contribution is 0.307. The van der Waals surface area contributed by atoms with Crippen LogP contribution in [0.15, 0.2) is 12.1 Å². The molecular weight excluding hydrogens is 214 g/mol. The molecule has 1 aliphatic carbocycles. The molecule has 0 unspecified atom stereocenters. The number of nitrogens with zero attached hydrogens (tertiary/aromatic N) is 2.